The summed E-state index contributed by atoms with van der Waals surface area (Å²) in [6.07, 6.45) is 5.66. The predicted octanol–water partition coefficient (Wildman–Crippen LogP) is 2.83. The lowest BCUT2D eigenvalue weighted by Gasteiger charge is -2.36. The van der Waals surface area contributed by atoms with Crippen molar-refractivity contribution in [1.29, 1.82) is 0 Å². The molecule has 2 aliphatic rings. The SMILES string of the molecule is CN1CCCCC1C(=O)N1CCCC1c1ccccc1. The molecule has 1 amide bonds. The van der Waals surface area contributed by atoms with Gasteiger partial charge in [0.15, 0.2) is 0 Å². The van der Waals surface area contributed by atoms with Gasteiger partial charge in [0.05, 0.1) is 12.1 Å². The average Bonchev–Trinajstić information content (AvgIpc) is 2.97. The third-order valence-corrected chi connectivity index (χ3v) is 4.78. The summed E-state index contributed by atoms with van der Waals surface area (Å²) in [4.78, 5) is 17.2. The Balaban J connectivity index is 1.76. The molecule has 3 nitrogen and oxygen atoms in total. The molecule has 3 heteroatoms. The molecule has 2 atom stereocenters. The molecule has 2 unspecified atom stereocenters. The summed E-state index contributed by atoms with van der Waals surface area (Å²) < 4.78 is 0. The van der Waals surface area contributed by atoms with Crippen molar-refractivity contribution < 1.29 is 4.79 Å². The van der Waals surface area contributed by atoms with Crippen LogP contribution in [-0.2, 0) is 4.79 Å². The molecule has 0 bridgehead atoms. The maximum absolute atomic E-state index is 12.9. The Labute approximate surface area is 121 Å². The number of carbonyl (C=O) groups excluding carboxylic acids is 1. The highest BCUT2D eigenvalue weighted by atomic mass is 16.2. The van der Waals surface area contributed by atoms with Gasteiger partial charge in [0.25, 0.3) is 0 Å². The molecule has 1 aromatic rings. The zero-order chi connectivity index (χ0) is 13.9. The van der Waals surface area contributed by atoms with E-state index in [4.69, 9.17) is 0 Å². The van der Waals surface area contributed by atoms with Crippen molar-refractivity contribution in [3.8, 4) is 0 Å². The Bertz CT molecular complexity index is 459. The molecule has 0 N–H and O–H groups in total. The van der Waals surface area contributed by atoms with E-state index in [1.807, 2.05) is 6.07 Å². The van der Waals surface area contributed by atoms with Gasteiger partial charge in [-0.15, -0.1) is 0 Å². The summed E-state index contributed by atoms with van der Waals surface area (Å²) in [5.74, 6) is 0.346. The minimum atomic E-state index is 0.105. The number of amides is 1. The number of nitrogens with zero attached hydrogens (tertiary/aromatic N) is 2. The maximum Gasteiger partial charge on any atom is 0.240 e. The smallest absolute Gasteiger partial charge is 0.240 e. The van der Waals surface area contributed by atoms with Gasteiger partial charge in [0.1, 0.15) is 0 Å². The maximum atomic E-state index is 12.9. The van der Waals surface area contributed by atoms with E-state index in [-0.39, 0.29) is 6.04 Å². The van der Waals surface area contributed by atoms with Crippen LogP contribution >= 0.6 is 0 Å². The number of piperidine rings is 1. The summed E-state index contributed by atoms with van der Waals surface area (Å²) in [7, 11) is 2.09. The first-order chi connectivity index (χ1) is 9.77. The molecule has 0 saturated carbocycles. The first-order valence-corrected chi connectivity index (χ1v) is 7.83. The molecule has 0 aromatic heterocycles. The van der Waals surface area contributed by atoms with Crippen LogP contribution in [0.2, 0.25) is 0 Å². The van der Waals surface area contributed by atoms with E-state index in [0.717, 1.165) is 32.4 Å². The van der Waals surface area contributed by atoms with Gasteiger partial charge in [0.2, 0.25) is 5.91 Å². The van der Waals surface area contributed by atoms with Crippen LogP contribution in [0, 0.1) is 0 Å². The molecule has 20 heavy (non-hydrogen) atoms. The van der Waals surface area contributed by atoms with Gasteiger partial charge in [0, 0.05) is 6.54 Å². The monoisotopic (exact) mass is 272 g/mol. The van der Waals surface area contributed by atoms with E-state index < -0.39 is 0 Å². The molecule has 2 aliphatic heterocycles. The number of hydrogen-bond donors (Lipinski definition) is 0. The van der Waals surface area contributed by atoms with E-state index in [1.54, 1.807) is 0 Å². The molecule has 108 valence electrons. The molecule has 2 heterocycles. The molecular weight excluding hydrogens is 248 g/mol. The van der Waals surface area contributed by atoms with Crippen LogP contribution in [-0.4, -0.2) is 41.9 Å². The topological polar surface area (TPSA) is 23.6 Å². The molecule has 0 spiro atoms. The molecule has 3 rings (SSSR count). The zero-order valence-electron chi connectivity index (χ0n) is 12.3. The quantitative estimate of drug-likeness (QED) is 0.826. The summed E-state index contributed by atoms with van der Waals surface area (Å²) in [6.45, 7) is 1.98. The molecular formula is C17H24N2O. The molecule has 0 aliphatic carbocycles. The lowest BCUT2D eigenvalue weighted by Crippen LogP contribution is -2.49. The largest absolute Gasteiger partial charge is 0.334 e. The Morgan fingerprint density at radius 3 is 2.60 bits per heavy atom. The highest BCUT2D eigenvalue weighted by Crippen LogP contribution is 2.33. The second kappa shape index (κ2) is 5.96. The van der Waals surface area contributed by atoms with Gasteiger partial charge in [-0.1, -0.05) is 36.8 Å². The standard InChI is InChI=1S/C17H24N2O/c1-18-12-6-5-10-16(18)17(20)19-13-7-11-15(19)14-8-3-2-4-9-14/h2-4,8-9,15-16H,5-7,10-13H2,1H3. The summed E-state index contributed by atoms with van der Waals surface area (Å²) in [6, 6.07) is 10.9. The predicted molar refractivity (Wildman–Crippen MR) is 80.4 cm³/mol. The average molecular weight is 272 g/mol. The van der Waals surface area contributed by atoms with Gasteiger partial charge in [-0.2, -0.15) is 0 Å². The Hall–Kier alpha value is -1.35. The highest BCUT2D eigenvalue weighted by Gasteiger charge is 2.36. The number of carbonyl (C=O) groups is 1. The first kappa shape index (κ1) is 13.6. The third-order valence-electron chi connectivity index (χ3n) is 4.78. The molecule has 1 aromatic carbocycles. The van der Waals surface area contributed by atoms with E-state index in [9.17, 15) is 4.79 Å². The van der Waals surface area contributed by atoms with Crippen LogP contribution in [0.5, 0.6) is 0 Å². The second-order valence-corrected chi connectivity index (χ2v) is 6.09. The molecule has 2 saturated heterocycles. The van der Waals surface area contributed by atoms with Gasteiger partial charge in [-0.3, -0.25) is 9.69 Å². The molecule has 2 fully saturated rings. The lowest BCUT2D eigenvalue weighted by molar-refractivity contribution is -0.138. The van der Waals surface area contributed by atoms with Gasteiger partial charge >= 0.3 is 0 Å². The van der Waals surface area contributed by atoms with Crippen molar-refractivity contribution in [2.24, 2.45) is 0 Å². The number of rotatable bonds is 2. The fourth-order valence-electron chi connectivity index (χ4n) is 3.63. The number of likely N-dealkylation sites (N-methyl/N-ethyl adjacent to an activating group) is 1. The Morgan fingerprint density at radius 1 is 1.05 bits per heavy atom. The van der Waals surface area contributed by atoms with Crippen LogP contribution in [0.3, 0.4) is 0 Å². The zero-order valence-corrected chi connectivity index (χ0v) is 12.3. The van der Waals surface area contributed by atoms with Crippen molar-refractivity contribution in [3.05, 3.63) is 35.9 Å². The fraction of sp³-hybridized carbons (Fsp3) is 0.588. The normalized spacial score (nSPS) is 27.8. The van der Waals surface area contributed by atoms with Crippen LogP contribution in [0.1, 0.15) is 43.7 Å². The van der Waals surface area contributed by atoms with Gasteiger partial charge < -0.3 is 4.90 Å². The highest BCUT2D eigenvalue weighted by molar-refractivity contribution is 5.82. The minimum Gasteiger partial charge on any atom is -0.334 e. The van der Waals surface area contributed by atoms with Crippen molar-refractivity contribution in [3.63, 3.8) is 0 Å². The summed E-state index contributed by atoms with van der Waals surface area (Å²) >= 11 is 0. The van der Waals surface area contributed by atoms with Gasteiger partial charge in [-0.25, -0.2) is 0 Å². The van der Waals surface area contributed by atoms with Crippen LogP contribution < -0.4 is 0 Å². The van der Waals surface area contributed by atoms with Gasteiger partial charge in [-0.05, 0) is 44.8 Å². The van der Waals surface area contributed by atoms with Crippen LogP contribution in [0.15, 0.2) is 30.3 Å². The van der Waals surface area contributed by atoms with Crippen molar-refractivity contribution >= 4 is 5.91 Å². The second-order valence-electron chi connectivity index (χ2n) is 6.09. The third kappa shape index (κ3) is 2.59. The van der Waals surface area contributed by atoms with Crippen molar-refractivity contribution in [2.75, 3.05) is 20.1 Å². The van der Waals surface area contributed by atoms with Crippen LogP contribution in [0.25, 0.3) is 0 Å². The van der Waals surface area contributed by atoms with E-state index >= 15 is 0 Å². The van der Waals surface area contributed by atoms with E-state index in [0.29, 0.717) is 11.9 Å². The number of hydrogen-bond acceptors (Lipinski definition) is 2. The summed E-state index contributed by atoms with van der Waals surface area (Å²) in [5, 5.41) is 0. The molecule has 0 radical (unpaired) electrons. The first-order valence-electron chi connectivity index (χ1n) is 7.83. The number of likely N-dealkylation sites (tertiary alicyclic amines) is 2. The van der Waals surface area contributed by atoms with Crippen molar-refractivity contribution in [2.45, 2.75) is 44.2 Å². The summed E-state index contributed by atoms with van der Waals surface area (Å²) in [5.41, 5.74) is 1.29. The fourth-order valence-corrected chi connectivity index (χ4v) is 3.63. The lowest BCUT2D eigenvalue weighted by atomic mass is 10.00. The van der Waals surface area contributed by atoms with Crippen molar-refractivity contribution in [1.82, 2.24) is 9.80 Å². The van der Waals surface area contributed by atoms with E-state index in [1.165, 1.54) is 18.4 Å². The Kier molecular flexibility index (Phi) is 4.06. The Morgan fingerprint density at radius 2 is 1.85 bits per heavy atom. The number of benzene rings is 1. The minimum absolute atomic E-state index is 0.105. The van der Waals surface area contributed by atoms with Crippen LogP contribution in [0.4, 0.5) is 0 Å². The van der Waals surface area contributed by atoms with E-state index in [2.05, 4.69) is 41.1 Å².